The molecule has 1 amide bonds. The molecule has 0 spiro atoms. The second-order valence-electron chi connectivity index (χ2n) is 5.15. The summed E-state index contributed by atoms with van der Waals surface area (Å²) in [6.45, 7) is 13.9. The molecule has 0 saturated carbocycles. The zero-order valence-corrected chi connectivity index (χ0v) is 16.9. The summed E-state index contributed by atoms with van der Waals surface area (Å²) in [6.07, 6.45) is 0.852. The SMILES string of the molecule is CC.CCC(C)C(=O)NCCOCCOCCOCCOCCNC. The Balaban J connectivity index is 0. The minimum atomic E-state index is 0.0621. The molecule has 2 N–H and O–H groups in total. The number of carbonyl (C=O) groups is 1. The number of rotatable bonds is 17. The van der Waals surface area contributed by atoms with Crippen LogP contribution in [0, 0.1) is 5.92 Å². The van der Waals surface area contributed by atoms with E-state index in [1.165, 1.54) is 0 Å². The van der Waals surface area contributed by atoms with Crippen LogP contribution in [0.2, 0.25) is 0 Å². The van der Waals surface area contributed by atoms with Gasteiger partial charge in [-0.1, -0.05) is 27.7 Å². The molecule has 0 saturated heterocycles. The standard InChI is InChI=1S/C16H34N2O5.C2H6/c1-4-15(2)16(19)18-6-8-21-10-12-23-14-13-22-11-9-20-7-5-17-3;1-2/h15,17H,4-14H2,1-3H3,(H,18,19);1-2H3. The van der Waals surface area contributed by atoms with E-state index in [9.17, 15) is 4.79 Å². The fourth-order valence-electron chi connectivity index (χ4n) is 1.54. The van der Waals surface area contributed by atoms with E-state index >= 15 is 0 Å². The number of hydrogen-bond acceptors (Lipinski definition) is 6. The zero-order chi connectivity index (χ0) is 19.2. The molecule has 1 unspecified atom stereocenters. The number of amides is 1. The molecule has 0 radical (unpaired) electrons. The normalized spacial score (nSPS) is 11.6. The van der Waals surface area contributed by atoms with Crippen LogP contribution in [-0.2, 0) is 23.7 Å². The van der Waals surface area contributed by atoms with Gasteiger partial charge in [0.05, 0.1) is 52.9 Å². The van der Waals surface area contributed by atoms with Crippen molar-refractivity contribution in [3.8, 4) is 0 Å². The Labute approximate surface area is 154 Å². The van der Waals surface area contributed by atoms with Gasteiger partial charge in [0.15, 0.2) is 0 Å². The van der Waals surface area contributed by atoms with Crippen molar-refractivity contribution >= 4 is 5.91 Å². The van der Waals surface area contributed by atoms with Crippen molar-refractivity contribution < 1.29 is 23.7 Å². The number of hydrogen-bond donors (Lipinski definition) is 2. The molecule has 152 valence electrons. The van der Waals surface area contributed by atoms with E-state index in [1.807, 2.05) is 34.7 Å². The van der Waals surface area contributed by atoms with Gasteiger partial charge in [-0.2, -0.15) is 0 Å². The van der Waals surface area contributed by atoms with Gasteiger partial charge in [-0.05, 0) is 13.5 Å². The van der Waals surface area contributed by atoms with Gasteiger partial charge in [-0.25, -0.2) is 0 Å². The molecule has 0 rings (SSSR count). The highest BCUT2D eigenvalue weighted by Crippen LogP contribution is 1.98. The van der Waals surface area contributed by atoms with Crippen molar-refractivity contribution in [1.29, 1.82) is 0 Å². The molecule has 0 fully saturated rings. The molecule has 0 aliphatic heterocycles. The maximum Gasteiger partial charge on any atom is 0.222 e. The first kappa shape index (κ1) is 26.5. The van der Waals surface area contributed by atoms with Crippen molar-refractivity contribution in [2.24, 2.45) is 5.92 Å². The summed E-state index contributed by atoms with van der Waals surface area (Å²) in [7, 11) is 1.89. The number of ether oxygens (including phenoxy) is 4. The molecule has 0 heterocycles. The molecule has 25 heavy (non-hydrogen) atoms. The van der Waals surface area contributed by atoms with Gasteiger partial charge >= 0.3 is 0 Å². The quantitative estimate of drug-likeness (QED) is 0.381. The van der Waals surface area contributed by atoms with Gasteiger partial charge in [0.1, 0.15) is 0 Å². The fourth-order valence-corrected chi connectivity index (χ4v) is 1.54. The highest BCUT2D eigenvalue weighted by atomic mass is 16.6. The highest BCUT2D eigenvalue weighted by Gasteiger charge is 2.08. The second kappa shape index (κ2) is 23.3. The molecule has 0 aliphatic carbocycles. The maximum absolute atomic E-state index is 11.5. The fraction of sp³-hybridized carbons (Fsp3) is 0.944. The summed E-state index contributed by atoms with van der Waals surface area (Å²) in [5.41, 5.74) is 0. The van der Waals surface area contributed by atoms with E-state index in [0.29, 0.717) is 59.4 Å². The first-order valence-electron chi connectivity index (χ1n) is 9.45. The van der Waals surface area contributed by atoms with E-state index in [1.54, 1.807) is 0 Å². The van der Waals surface area contributed by atoms with Crippen LogP contribution in [0.15, 0.2) is 0 Å². The molecular formula is C18H40N2O5. The molecule has 0 bridgehead atoms. The molecular weight excluding hydrogens is 324 g/mol. The highest BCUT2D eigenvalue weighted by molar-refractivity contribution is 5.78. The predicted molar refractivity (Wildman–Crippen MR) is 101 cm³/mol. The molecule has 1 atom stereocenters. The van der Waals surface area contributed by atoms with Crippen molar-refractivity contribution in [2.45, 2.75) is 34.1 Å². The molecule has 0 aromatic rings. The Morgan fingerprint density at radius 3 is 1.60 bits per heavy atom. The predicted octanol–water partition coefficient (Wildman–Crippen LogP) is 1.46. The Morgan fingerprint density at radius 2 is 1.20 bits per heavy atom. The van der Waals surface area contributed by atoms with Gasteiger partial charge in [-0.3, -0.25) is 4.79 Å². The number of likely N-dealkylation sites (N-methyl/N-ethyl adjacent to an activating group) is 1. The third-order valence-electron chi connectivity index (χ3n) is 3.22. The molecule has 0 aromatic carbocycles. The summed E-state index contributed by atoms with van der Waals surface area (Å²) in [5, 5.41) is 5.84. The first-order valence-corrected chi connectivity index (χ1v) is 9.45. The average Bonchev–Trinajstić information content (AvgIpc) is 2.65. The van der Waals surface area contributed by atoms with Crippen molar-refractivity contribution in [3.05, 3.63) is 0 Å². The van der Waals surface area contributed by atoms with E-state index in [0.717, 1.165) is 13.0 Å². The van der Waals surface area contributed by atoms with Gasteiger partial charge in [-0.15, -0.1) is 0 Å². The largest absolute Gasteiger partial charge is 0.378 e. The second-order valence-corrected chi connectivity index (χ2v) is 5.15. The zero-order valence-electron chi connectivity index (χ0n) is 16.9. The first-order chi connectivity index (χ1) is 12.2. The smallest absolute Gasteiger partial charge is 0.222 e. The molecule has 0 aliphatic rings. The molecule has 0 aromatic heterocycles. The van der Waals surface area contributed by atoms with Crippen molar-refractivity contribution in [3.63, 3.8) is 0 Å². The van der Waals surface area contributed by atoms with E-state index in [4.69, 9.17) is 18.9 Å². The van der Waals surface area contributed by atoms with Crippen LogP contribution in [0.3, 0.4) is 0 Å². The Morgan fingerprint density at radius 1 is 0.800 bits per heavy atom. The van der Waals surface area contributed by atoms with E-state index in [2.05, 4.69) is 10.6 Å². The lowest BCUT2D eigenvalue weighted by Crippen LogP contribution is -2.31. The van der Waals surface area contributed by atoms with Crippen LogP contribution in [0.4, 0.5) is 0 Å². The lowest BCUT2D eigenvalue weighted by molar-refractivity contribution is -0.124. The minimum absolute atomic E-state index is 0.0621. The van der Waals surface area contributed by atoms with Gasteiger partial charge in [0.25, 0.3) is 0 Å². The topological polar surface area (TPSA) is 78.1 Å². The monoisotopic (exact) mass is 364 g/mol. The summed E-state index contributed by atoms with van der Waals surface area (Å²) in [4.78, 5) is 11.5. The maximum atomic E-state index is 11.5. The Hall–Kier alpha value is -0.730. The van der Waals surface area contributed by atoms with Gasteiger partial charge < -0.3 is 29.6 Å². The van der Waals surface area contributed by atoms with Crippen LogP contribution < -0.4 is 10.6 Å². The van der Waals surface area contributed by atoms with Gasteiger partial charge in [0.2, 0.25) is 5.91 Å². The lowest BCUT2D eigenvalue weighted by Gasteiger charge is -2.10. The lowest BCUT2D eigenvalue weighted by atomic mass is 10.1. The van der Waals surface area contributed by atoms with Crippen molar-refractivity contribution in [2.75, 3.05) is 73.0 Å². The van der Waals surface area contributed by atoms with E-state index in [-0.39, 0.29) is 11.8 Å². The Bertz CT molecular complexity index is 268. The summed E-state index contributed by atoms with van der Waals surface area (Å²) < 4.78 is 21.4. The van der Waals surface area contributed by atoms with Crippen LogP contribution in [-0.4, -0.2) is 78.9 Å². The summed E-state index contributed by atoms with van der Waals surface area (Å²) in [6, 6.07) is 0. The Kier molecular flexibility index (Phi) is 24.7. The van der Waals surface area contributed by atoms with Crippen LogP contribution in [0.25, 0.3) is 0 Å². The third-order valence-corrected chi connectivity index (χ3v) is 3.22. The number of carbonyl (C=O) groups excluding carboxylic acids is 1. The third kappa shape index (κ3) is 21.2. The molecule has 7 nitrogen and oxygen atoms in total. The summed E-state index contributed by atoms with van der Waals surface area (Å²) in [5.74, 6) is 0.145. The van der Waals surface area contributed by atoms with Crippen LogP contribution in [0.5, 0.6) is 0 Å². The average molecular weight is 365 g/mol. The van der Waals surface area contributed by atoms with E-state index < -0.39 is 0 Å². The number of nitrogens with one attached hydrogen (secondary N) is 2. The molecule has 7 heteroatoms. The minimum Gasteiger partial charge on any atom is -0.378 e. The van der Waals surface area contributed by atoms with Crippen molar-refractivity contribution in [1.82, 2.24) is 10.6 Å². The van der Waals surface area contributed by atoms with Crippen LogP contribution in [0.1, 0.15) is 34.1 Å². The van der Waals surface area contributed by atoms with Crippen LogP contribution >= 0.6 is 0 Å². The summed E-state index contributed by atoms with van der Waals surface area (Å²) >= 11 is 0. The van der Waals surface area contributed by atoms with Gasteiger partial charge in [0, 0.05) is 19.0 Å².